The number of anilines is 1. The van der Waals surface area contributed by atoms with Gasteiger partial charge in [0.05, 0.1) is 25.0 Å². The Morgan fingerprint density at radius 3 is 2.63 bits per heavy atom. The topological polar surface area (TPSA) is 81.9 Å². The molecule has 0 aliphatic rings. The van der Waals surface area contributed by atoms with Crippen LogP contribution in [0.4, 0.5) is 10.1 Å². The van der Waals surface area contributed by atoms with E-state index in [1.807, 2.05) is 32.9 Å². The van der Waals surface area contributed by atoms with Crippen molar-refractivity contribution in [1.82, 2.24) is 19.7 Å². The summed E-state index contributed by atoms with van der Waals surface area (Å²) >= 11 is 0. The second kappa shape index (κ2) is 9.47. The van der Waals surface area contributed by atoms with Gasteiger partial charge in [-0.25, -0.2) is 9.07 Å². The van der Waals surface area contributed by atoms with Crippen LogP contribution in [-0.4, -0.2) is 26.4 Å². The molecule has 3 heterocycles. The second-order valence-corrected chi connectivity index (χ2v) is 7.48. The molecule has 0 saturated heterocycles. The molecule has 0 fully saturated rings. The predicted molar refractivity (Wildman–Crippen MR) is 113 cm³/mol. The van der Waals surface area contributed by atoms with Gasteiger partial charge in [-0.15, -0.1) is 5.10 Å². The van der Waals surface area contributed by atoms with Gasteiger partial charge in [0, 0.05) is 30.9 Å². The SMILES string of the molecule is Cc1ccc(CNc2cc(OC[C@@H](C)[C@H](C)c3ccc(F)cn3)nn(C)c2=O)nc1. The number of hydrogen-bond acceptors (Lipinski definition) is 6. The van der Waals surface area contributed by atoms with E-state index in [4.69, 9.17) is 4.74 Å². The van der Waals surface area contributed by atoms with Crippen molar-refractivity contribution in [1.29, 1.82) is 0 Å². The number of pyridine rings is 2. The van der Waals surface area contributed by atoms with Gasteiger partial charge in [0.2, 0.25) is 5.88 Å². The van der Waals surface area contributed by atoms with Crippen LogP contribution in [0.1, 0.15) is 36.7 Å². The molecule has 2 atom stereocenters. The predicted octanol–water partition coefficient (Wildman–Crippen LogP) is 3.45. The van der Waals surface area contributed by atoms with Crippen molar-refractivity contribution in [2.24, 2.45) is 13.0 Å². The quantitative estimate of drug-likeness (QED) is 0.611. The Morgan fingerprint density at radius 2 is 1.97 bits per heavy atom. The largest absolute Gasteiger partial charge is 0.476 e. The molecule has 0 radical (unpaired) electrons. The summed E-state index contributed by atoms with van der Waals surface area (Å²) in [5.74, 6) is 0.172. The van der Waals surface area contributed by atoms with Gasteiger partial charge in [-0.3, -0.25) is 14.8 Å². The fraction of sp³-hybridized carbons (Fsp3) is 0.364. The van der Waals surface area contributed by atoms with Crippen LogP contribution in [0.25, 0.3) is 0 Å². The lowest BCUT2D eigenvalue weighted by atomic mass is 9.93. The first kappa shape index (κ1) is 21.4. The van der Waals surface area contributed by atoms with Crippen LogP contribution in [0.15, 0.2) is 47.5 Å². The number of aromatic nitrogens is 4. The van der Waals surface area contributed by atoms with Crippen LogP contribution in [0.5, 0.6) is 5.88 Å². The van der Waals surface area contributed by atoms with Crippen molar-refractivity contribution >= 4 is 5.69 Å². The van der Waals surface area contributed by atoms with E-state index < -0.39 is 0 Å². The standard InChI is InChI=1S/C22H26FN5O2/c1-14-5-7-18(24-10-14)12-26-20-9-21(27-28(4)22(20)29)30-13-15(2)16(3)19-8-6-17(23)11-25-19/h5-11,15-16,26H,12-13H2,1-4H3/t15-,16+/m1/s1. The molecule has 8 heteroatoms. The molecular weight excluding hydrogens is 385 g/mol. The number of nitrogens with zero attached hydrogens (tertiary/aromatic N) is 4. The maximum atomic E-state index is 13.1. The molecule has 7 nitrogen and oxygen atoms in total. The third-order valence-electron chi connectivity index (χ3n) is 5.04. The van der Waals surface area contributed by atoms with Crippen LogP contribution in [-0.2, 0) is 13.6 Å². The van der Waals surface area contributed by atoms with E-state index >= 15 is 0 Å². The summed E-state index contributed by atoms with van der Waals surface area (Å²) in [5, 5.41) is 7.29. The Balaban J connectivity index is 1.65. The summed E-state index contributed by atoms with van der Waals surface area (Å²) in [7, 11) is 1.58. The Morgan fingerprint density at radius 1 is 1.17 bits per heavy atom. The van der Waals surface area contributed by atoms with Crippen LogP contribution in [0.3, 0.4) is 0 Å². The van der Waals surface area contributed by atoms with Gasteiger partial charge < -0.3 is 10.1 Å². The summed E-state index contributed by atoms with van der Waals surface area (Å²) < 4.78 is 20.2. The monoisotopic (exact) mass is 411 g/mol. The third-order valence-corrected chi connectivity index (χ3v) is 5.04. The highest BCUT2D eigenvalue weighted by Gasteiger charge is 2.17. The normalized spacial score (nSPS) is 13.0. The molecule has 0 saturated carbocycles. The molecule has 0 aromatic carbocycles. The number of rotatable bonds is 8. The van der Waals surface area contributed by atoms with Crippen LogP contribution >= 0.6 is 0 Å². The molecule has 0 unspecified atom stereocenters. The first-order valence-electron chi connectivity index (χ1n) is 9.81. The van der Waals surface area contributed by atoms with E-state index in [9.17, 15) is 9.18 Å². The summed E-state index contributed by atoms with van der Waals surface area (Å²) in [6, 6.07) is 8.58. The minimum atomic E-state index is -0.356. The highest BCUT2D eigenvalue weighted by atomic mass is 19.1. The minimum Gasteiger partial charge on any atom is -0.476 e. The second-order valence-electron chi connectivity index (χ2n) is 7.48. The highest BCUT2D eigenvalue weighted by molar-refractivity contribution is 5.43. The molecular formula is C22H26FN5O2. The molecule has 30 heavy (non-hydrogen) atoms. The Kier molecular flexibility index (Phi) is 6.76. The number of aryl methyl sites for hydroxylation is 2. The van der Waals surface area contributed by atoms with Crippen LogP contribution < -0.4 is 15.6 Å². The Hall–Kier alpha value is -3.29. The van der Waals surface area contributed by atoms with Gasteiger partial charge in [0.1, 0.15) is 11.5 Å². The lowest BCUT2D eigenvalue weighted by Gasteiger charge is -2.20. The van der Waals surface area contributed by atoms with Crippen molar-refractivity contribution < 1.29 is 9.13 Å². The first-order chi connectivity index (χ1) is 14.3. The van der Waals surface area contributed by atoms with Gasteiger partial charge in [-0.1, -0.05) is 19.9 Å². The smallest absolute Gasteiger partial charge is 0.290 e. The van der Waals surface area contributed by atoms with Gasteiger partial charge in [0.25, 0.3) is 5.56 Å². The van der Waals surface area contributed by atoms with Crippen LogP contribution in [0, 0.1) is 18.7 Å². The van der Waals surface area contributed by atoms with Crippen LogP contribution in [0.2, 0.25) is 0 Å². The molecule has 158 valence electrons. The zero-order chi connectivity index (χ0) is 21.7. The minimum absolute atomic E-state index is 0.0725. The van der Waals surface area contributed by atoms with Gasteiger partial charge in [-0.05, 0) is 36.6 Å². The molecule has 3 aromatic heterocycles. The van der Waals surface area contributed by atoms with E-state index in [2.05, 4.69) is 20.4 Å². The molecule has 0 aliphatic carbocycles. The zero-order valence-corrected chi connectivity index (χ0v) is 17.6. The molecule has 0 spiro atoms. The summed E-state index contributed by atoms with van der Waals surface area (Å²) in [5.41, 5.74) is 2.86. The van der Waals surface area contributed by atoms with E-state index in [1.165, 1.54) is 16.9 Å². The fourth-order valence-electron chi connectivity index (χ4n) is 2.88. The molecule has 0 bridgehead atoms. The summed E-state index contributed by atoms with van der Waals surface area (Å²) in [4.78, 5) is 20.9. The molecule has 3 aromatic rings. The van der Waals surface area contributed by atoms with E-state index in [0.717, 1.165) is 17.0 Å². The summed E-state index contributed by atoms with van der Waals surface area (Å²) in [6.07, 6.45) is 3.00. The maximum absolute atomic E-state index is 13.1. The zero-order valence-electron chi connectivity index (χ0n) is 17.6. The van der Waals surface area contributed by atoms with E-state index in [-0.39, 0.29) is 23.2 Å². The highest BCUT2D eigenvalue weighted by Crippen LogP contribution is 2.23. The van der Waals surface area contributed by atoms with Gasteiger partial charge >= 0.3 is 0 Å². The average Bonchev–Trinajstić information content (AvgIpc) is 2.74. The number of hydrogen-bond donors (Lipinski definition) is 1. The lowest BCUT2D eigenvalue weighted by molar-refractivity contribution is 0.228. The van der Waals surface area contributed by atoms with Crippen molar-refractivity contribution in [2.45, 2.75) is 33.2 Å². The summed E-state index contributed by atoms with van der Waals surface area (Å²) in [6.45, 7) is 6.82. The van der Waals surface area contributed by atoms with Crippen molar-refractivity contribution in [3.05, 3.63) is 75.8 Å². The van der Waals surface area contributed by atoms with Crippen molar-refractivity contribution in [2.75, 3.05) is 11.9 Å². The first-order valence-corrected chi connectivity index (χ1v) is 9.81. The molecule has 1 N–H and O–H groups in total. The van der Waals surface area contributed by atoms with Crippen molar-refractivity contribution in [3.8, 4) is 5.88 Å². The molecule has 3 rings (SSSR count). The number of halogens is 1. The van der Waals surface area contributed by atoms with Gasteiger partial charge in [0.15, 0.2) is 0 Å². The third kappa shape index (κ3) is 5.40. The average molecular weight is 411 g/mol. The van der Waals surface area contributed by atoms with Crippen molar-refractivity contribution in [3.63, 3.8) is 0 Å². The number of ether oxygens (including phenoxy) is 1. The molecule has 0 aliphatic heterocycles. The van der Waals surface area contributed by atoms with Gasteiger partial charge in [-0.2, -0.15) is 0 Å². The molecule has 0 amide bonds. The number of nitrogens with one attached hydrogen (secondary N) is 1. The lowest BCUT2D eigenvalue weighted by Crippen LogP contribution is -2.25. The van der Waals surface area contributed by atoms with E-state index in [0.29, 0.717) is 24.7 Å². The Labute approximate surface area is 175 Å². The fourth-order valence-corrected chi connectivity index (χ4v) is 2.88. The Bertz CT molecular complexity index is 1030. The van der Waals surface area contributed by atoms with E-state index in [1.54, 1.807) is 25.4 Å². The maximum Gasteiger partial charge on any atom is 0.290 e.